The van der Waals surface area contributed by atoms with Gasteiger partial charge in [0.05, 0.1) is 6.04 Å². The van der Waals surface area contributed by atoms with Crippen LogP contribution >= 0.6 is 0 Å². The quantitative estimate of drug-likeness (QED) is 0.592. The molecule has 160 valence electrons. The lowest BCUT2D eigenvalue weighted by Gasteiger charge is -2.44. The summed E-state index contributed by atoms with van der Waals surface area (Å²) in [5.74, 6) is 0.212. The van der Waals surface area contributed by atoms with Gasteiger partial charge in [0.1, 0.15) is 0 Å². The van der Waals surface area contributed by atoms with E-state index in [0.717, 1.165) is 36.2 Å². The first-order chi connectivity index (χ1) is 14.4. The number of hydrogen-bond acceptors (Lipinski definition) is 2. The first-order valence-electron chi connectivity index (χ1n) is 11.2. The molecule has 4 nitrogen and oxygen atoms in total. The number of hydrogen-bond donors (Lipinski definition) is 0. The van der Waals surface area contributed by atoms with Crippen LogP contribution in [0, 0.1) is 11.8 Å². The Kier molecular flexibility index (Phi) is 6.96. The molecule has 0 saturated carbocycles. The van der Waals surface area contributed by atoms with E-state index in [2.05, 4.69) is 19.9 Å². The van der Waals surface area contributed by atoms with Crippen molar-refractivity contribution in [1.82, 2.24) is 0 Å². The van der Waals surface area contributed by atoms with Crippen LogP contribution in [-0.2, 0) is 9.59 Å². The van der Waals surface area contributed by atoms with Gasteiger partial charge in [0, 0.05) is 29.3 Å². The molecular weight excluding hydrogens is 372 g/mol. The summed E-state index contributed by atoms with van der Waals surface area (Å²) in [4.78, 5) is 30.6. The van der Waals surface area contributed by atoms with Crippen molar-refractivity contribution in [3.8, 4) is 0 Å². The van der Waals surface area contributed by atoms with Gasteiger partial charge in [0.2, 0.25) is 11.8 Å². The molecule has 0 fully saturated rings. The maximum Gasteiger partial charge on any atom is 0.230 e. The van der Waals surface area contributed by atoms with Gasteiger partial charge in [-0.3, -0.25) is 9.59 Å². The van der Waals surface area contributed by atoms with E-state index in [9.17, 15) is 9.59 Å². The maximum atomic E-state index is 13.5. The summed E-state index contributed by atoms with van der Waals surface area (Å²) in [5.41, 5.74) is 2.90. The van der Waals surface area contributed by atoms with Gasteiger partial charge in [-0.1, -0.05) is 64.1 Å². The van der Waals surface area contributed by atoms with Gasteiger partial charge in [-0.15, -0.1) is 0 Å². The fourth-order valence-corrected chi connectivity index (χ4v) is 4.24. The van der Waals surface area contributed by atoms with Crippen molar-refractivity contribution in [2.75, 3.05) is 9.80 Å². The average Bonchev–Trinajstić information content (AvgIpc) is 2.78. The zero-order valence-electron chi connectivity index (χ0n) is 18.8. The molecular formula is C26H34N2O2. The largest absolute Gasteiger partial charge is 0.309 e. The van der Waals surface area contributed by atoms with E-state index in [-0.39, 0.29) is 35.7 Å². The minimum atomic E-state index is -0.0962. The highest BCUT2D eigenvalue weighted by molar-refractivity contribution is 5.99. The molecule has 1 heterocycles. The highest BCUT2D eigenvalue weighted by atomic mass is 16.2. The van der Waals surface area contributed by atoms with Crippen LogP contribution in [0.4, 0.5) is 11.4 Å². The van der Waals surface area contributed by atoms with Gasteiger partial charge in [-0.25, -0.2) is 0 Å². The maximum absolute atomic E-state index is 13.5. The molecule has 0 bridgehead atoms. The molecule has 30 heavy (non-hydrogen) atoms. The Morgan fingerprint density at radius 3 is 2.20 bits per heavy atom. The first kappa shape index (κ1) is 22.1. The predicted molar refractivity (Wildman–Crippen MR) is 124 cm³/mol. The van der Waals surface area contributed by atoms with Crippen molar-refractivity contribution >= 4 is 23.2 Å². The fourth-order valence-electron chi connectivity index (χ4n) is 4.24. The summed E-state index contributed by atoms with van der Waals surface area (Å²) in [5, 5.41) is 0. The number of benzene rings is 2. The third kappa shape index (κ3) is 4.14. The molecule has 0 unspecified atom stereocenters. The van der Waals surface area contributed by atoms with E-state index in [1.165, 1.54) is 0 Å². The minimum Gasteiger partial charge on any atom is -0.309 e. The van der Waals surface area contributed by atoms with Crippen molar-refractivity contribution in [2.45, 2.75) is 66.0 Å². The van der Waals surface area contributed by atoms with Gasteiger partial charge >= 0.3 is 0 Å². The summed E-state index contributed by atoms with van der Waals surface area (Å²) in [6, 6.07) is 17.9. The summed E-state index contributed by atoms with van der Waals surface area (Å²) in [6.45, 7) is 10.2. The van der Waals surface area contributed by atoms with Gasteiger partial charge in [0.25, 0.3) is 0 Å². The summed E-state index contributed by atoms with van der Waals surface area (Å²) in [6.07, 6.45) is 2.33. The van der Waals surface area contributed by atoms with Crippen LogP contribution in [0.25, 0.3) is 0 Å². The first-order valence-corrected chi connectivity index (χ1v) is 11.2. The SMILES string of the molecule is CC[C@@H](C)C(=O)N1c2ccccc2[C@H](N(C(=O)[C@@H](C)CC)c2ccccc2)C[C@H]1C. The van der Waals surface area contributed by atoms with Crippen LogP contribution in [0.3, 0.4) is 0 Å². The lowest BCUT2D eigenvalue weighted by molar-refractivity contribution is -0.122. The molecule has 0 radical (unpaired) electrons. The summed E-state index contributed by atoms with van der Waals surface area (Å²) >= 11 is 0. The van der Waals surface area contributed by atoms with Crippen molar-refractivity contribution in [3.63, 3.8) is 0 Å². The molecule has 2 aromatic carbocycles. The number of amides is 2. The number of para-hydroxylation sites is 2. The Bertz CT molecular complexity index is 880. The topological polar surface area (TPSA) is 40.6 Å². The molecule has 0 N–H and O–H groups in total. The lowest BCUT2D eigenvalue weighted by atomic mass is 9.88. The van der Waals surface area contributed by atoms with Gasteiger partial charge in [0.15, 0.2) is 0 Å². The number of carbonyl (C=O) groups excluding carboxylic acids is 2. The van der Waals surface area contributed by atoms with Crippen LogP contribution in [0.5, 0.6) is 0 Å². The Hall–Kier alpha value is -2.62. The average molecular weight is 407 g/mol. The molecule has 1 aliphatic heterocycles. The Morgan fingerprint density at radius 1 is 0.967 bits per heavy atom. The molecule has 4 heteroatoms. The van der Waals surface area contributed by atoms with Gasteiger partial charge in [-0.05, 0) is 49.9 Å². The highest BCUT2D eigenvalue weighted by Crippen LogP contribution is 2.43. The van der Waals surface area contributed by atoms with Crippen LogP contribution in [0.1, 0.15) is 65.5 Å². The van der Waals surface area contributed by atoms with Crippen LogP contribution < -0.4 is 9.80 Å². The van der Waals surface area contributed by atoms with Gasteiger partial charge in [-0.2, -0.15) is 0 Å². The number of nitrogens with zero attached hydrogens (tertiary/aromatic N) is 2. The summed E-state index contributed by atoms with van der Waals surface area (Å²) < 4.78 is 0. The third-order valence-corrected chi connectivity index (χ3v) is 6.45. The number of anilines is 2. The highest BCUT2D eigenvalue weighted by Gasteiger charge is 2.39. The zero-order valence-corrected chi connectivity index (χ0v) is 18.8. The second-order valence-corrected chi connectivity index (χ2v) is 8.53. The monoisotopic (exact) mass is 406 g/mol. The molecule has 0 aromatic heterocycles. The molecule has 4 atom stereocenters. The van der Waals surface area contributed by atoms with Crippen molar-refractivity contribution < 1.29 is 9.59 Å². The molecule has 2 aromatic rings. The van der Waals surface area contributed by atoms with Crippen LogP contribution in [0.2, 0.25) is 0 Å². The lowest BCUT2D eigenvalue weighted by Crippen LogP contribution is -2.49. The van der Waals surface area contributed by atoms with Crippen molar-refractivity contribution in [1.29, 1.82) is 0 Å². The molecule has 0 spiro atoms. The zero-order chi connectivity index (χ0) is 21.8. The van der Waals surface area contributed by atoms with Crippen LogP contribution in [0.15, 0.2) is 54.6 Å². The minimum absolute atomic E-state index is 0.0161. The van der Waals surface area contributed by atoms with E-state index in [1.807, 2.05) is 79.1 Å². The Balaban J connectivity index is 2.11. The Morgan fingerprint density at radius 2 is 1.57 bits per heavy atom. The second-order valence-electron chi connectivity index (χ2n) is 8.53. The fraction of sp³-hybridized carbons (Fsp3) is 0.462. The Labute approximate surface area is 180 Å². The second kappa shape index (κ2) is 9.46. The third-order valence-electron chi connectivity index (χ3n) is 6.45. The number of carbonyl (C=O) groups is 2. The van der Waals surface area contributed by atoms with E-state index < -0.39 is 0 Å². The van der Waals surface area contributed by atoms with Crippen molar-refractivity contribution in [2.24, 2.45) is 11.8 Å². The predicted octanol–water partition coefficient (Wildman–Crippen LogP) is 5.98. The van der Waals surface area contributed by atoms with Crippen LogP contribution in [-0.4, -0.2) is 17.9 Å². The van der Waals surface area contributed by atoms with E-state index in [1.54, 1.807) is 0 Å². The molecule has 0 saturated heterocycles. The standard InChI is InChI=1S/C26H34N2O2/c1-6-18(3)25(29)27-20(5)17-24(22-15-11-12-16-23(22)27)28(26(30)19(4)7-2)21-13-9-8-10-14-21/h8-16,18-20,24H,6-7,17H2,1-5H3/t18-,19+,20-,24-/m1/s1. The molecule has 2 amide bonds. The summed E-state index contributed by atoms with van der Waals surface area (Å²) in [7, 11) is 0. The van der Waals surface area contributed by atoms with Gasteiger partial charge < -0.3 is 9.80 Å². The molecule has 1 aliphatic rings. The normalized spacial score (nSPS) is 20.2. The van der Waals surface area contributed by atoms with E-state index >= 15 is 0 Å². The molecule has 3 rings (SSSR count). The van der Waals surface area contributed by atoms with Crippen molar-refractivity contribution in [3.05, 3.63) is 60.2 Å². The smallest absolute Gasteiger partial charge is 0.230 e. The van der Waals surface area contributed by atoms with E-state index in [4.69, 9.17) is 0 Å². The number of rotatable bonds is 6. The number of fused-ring (bicyclic) bond motifs is 1. The van der Waals surface area contributed by atoms with E-state index in [0.29, 0.717) is 0 Å². The molecule has 0 aliphatic carbocycles.